The second-order valence-corrected chi connectivity index (χ2v) is 21.5. The zero-order valence-electron chi connectivity index (χ0n) is 45.9. The molecule has 0 bridgehead atoms. The Morgan fingerprint density at radius 1 is 0.514 bits per heavy atom. The minimum absolute atomic E-state index is 0.0351. The average Bonchev–Trinajstić information content (AvgIpc) is 3.32. The van der Waals surface area contributed by atoms with Crippen molar-refractivity contribution in [3.05, 3.63) is 85.1 Å². The van der Waals surface area contributed by atoms with E-state index in [0.717, 1.165) is 89.9 Å². The van der Waals surface area contributed by atoms with Crippen LogP contribution in [0.15, 0.2) is 85.1 Å². The van der Waals surface area contributed by atoms with Crippen LogP contribution in [0, 0.1) is 0 Å². The van der Waals surface area contributed by atoms with Gasteiger partial charge in [-0.2, -0.15) is 0 Å². The number of carbonyl (C=O) groups excluding carboxylic acids is 2. The molecule has 0 saturated carbocycles. The van der Waals surface area contributed by atoms with Gasteiger partial charge in [0.25, 0.3) is 7.82 Å². The van der Waals surface area contributed by atoms with E-state index >= 15 is 0 Å². The highest BCUT2D eigenvalue weighted by molar-refractivity contribution is 7.45. The van der Waals surface area contributed by atoms with Gasteiger partial charge in [0, 0.05) is 12.8 Å². The molecule has 3 atom stereocenters. The summed E-state index contributed by atoms with van der Waals surface area (Å²) in [6.07, 6.45) is 64.1. The highest BCUT2D eigenvalue weighted by Gasteiger charge is 2.27. The lowest BCUT2D eigenvalue weighted by Gasteiger charge is -2.30. The van der Waals surface area contributed by atoms with Gasteiger partial charge in [0.15, 0.2) is 0 Å². The number of allylic oxidation sites excluding steroid dienone is 13. The number of hydrogen-bond acceptors (Lipinski definition) is 7. The Morgan fingerprint density at radius 2 is 0.929 bits per heavy atom. The number of nitrogens with one attached hydrogen (secondary N) is 1. The summed E-state index contributed by atoms with van der Waals surface area (Å²) < 4.78 is 30.2. The first-order valence-corrected chi connectivity index (χ1v) is 29.9. The molecule has 0 rings (SSSR count). The summed E-state index contributed by atoms with van der Waals surface area (Å²) in [6, 6.07) is -0.916. The topological polar surface area (TPSA) is 114 Å². The van der Waals surface area contributed by atoms with Gasteiger partial charge in [-0.25, -0.2) is 0 Å². The number of likely N-dealkylation sites (N-methyl/N-ethyl adjacent to an activating group) is 1. The highest BCUT2D eigenvalue weighted by Crippen LogP contribution is 2.38. The summed E-state index contributed by atoms with van der Waals surface area (Å²) in [7, 11) is 1.14. The normalized spacial score (nSPS) is 14.4. The number of amides is 1. The third-order valence-electron chi connectivity index (χ3n) is 12.1. The van der Waals surface area contributed by atoms with E-state index in [2.05, 4.69) is 99.0 Å². The zero-order valence-corrected chi connectivity index (χ0v) is 46.8. The fourth-order valence-corrected chi connectivity index (χ4v) is 8.39. The number of rotatable bonds is 50. The van der Waals surface area contributed by atoms with Gasteiger partial charge in [-0.15, -0.1) is 0 Å². The summed E-state index contributed by atoms with van der Waals surface area (Å²) in [5.41, 5.74) is 0. The first kappa shape index (κ1) is 67.2. The number of ether oxygens (including phenoxy) is 1. The van der Waals surface area contributed by atoms with Crippen LogP contribution in [-0.4, -0.2) is 69.4 Å². The number of unbranched alkanes of at least 4 members (excludes halogenated alkanes) is 22. The smallest absolute Gasteiger partial charge is 0.306 e. The third kappa shape index (κ3) is 50.1. The van der Waals surface area contributed by atoms with Gasteiger partial charge in [0.1, 0.15) is 19.3 Å². The van der Waals surface area contributed by atoms with E-state index in [-0.39, 0.29) is 18.9 Å². The Bertz CT molecular complexity index is 1480. The van der Waals surface area contributed by atoms with Crippen molar-refractivity contribution in [3.63, 3.8) is 0 Å². The monoisotopic (exact) mass is 999 g/mol. The van der Waals surface area contributed by atoms with E-state index in [1.54, 1.807) is 6.08 Å². The molecule has 1 amide bonds. The van der Waals surface area contributed by atoms with Crippen molar-refractivity contribution in [2.45, 2.75) is 245 Å². The van der Waals surface area contributed by atoms with Crippen molar-refractivity contribution in [1.29, 1.82) is 0 Å². The van der Waals surface area contributed by atoms with Gasteiger partial charge in [0.2, 0.25) is 5.91 Å². The number of nitrogens with zero attached hydrogens (tertiary/aromatic N) is 1. The summed E-state index contributed by atoms with van der Waals surface area (Å²) in [4.78, 5) is 39.8. The molecule has 10 heteroatoms. The largest absolute Gasteiger partial charge is 0.756 e. The summed E-state index contributed by atoms with van der Waals surface area (Å²) in [5, 5.41) is 3.00. The minimum atomic E-state index is -4.71. The lowest BCUT2D eigenvalue weighted by atomic mass is 10.0. The van der Waals surface area contributed by atoms with Crippen LogP contribution in [-0.2, 0) is 27.9 Å². The lowest BCUT2D eigenvalue weighted by molar-refractivity contribution is -0.870. The molecular formula is C60H107N2O7P. The summed E-state index contributed by atoms with van der Waals surface area (Å²) >= 11 is 0. The van der Waals surface area contributed by atoms with Gasteiger partial charge in [0.05, 0.1) is 33.8 Å². The highest BCUT2D eigenvalue weighted by atomic mass is 31.2. The molecule has 0 aromatic rings. The van der Waals surface area contributed by atoms with E-state index < -0.39 is 32.5 Å². The molecular weight excluding hydrogens is 892 g/mol. The predicted molar refractivity (Wildman–Crippen MR) is 298 cm³/mol. The Labute approximate surface area is 431 Å². The Kier molecular flexibility index (Phi) is 47.8. The van der Waals surface area contributed by atoms with Crippen LogP contribution < -0.4 is 10.2 Å². The Hall–Kier alpha value is -2.81. The molecule has 9 nitrogen and oxygen atoms in total. The van der Waals surface area contributed by atoms with Crippen LogP contribution >= 0.6 is 7.82 Å². The molecule has 404 valence electrons. The molecule has 0 heterocycles. The first-order chi connectivity index (χ1) is 33.9. The van der Waals surface area contributed by atoms with Crippen molar-refractivity contribution in [1.82, 2.24) is 5.32 Å². The maximum Gasteiger partial charge on any atom is 0.306 e. The molecule has 0 aromatic carbocycles. The van der Waals surface area contributed by atoms with Crippen LogP contribution in [0.5, 0.6) is 0 Å². The molecule has 0 aliphatic carbocycles. The molecule has 0 aliphatic heterocycles. The van der Waals surface area contributed by atoms with E-state index in [4.69, 9.17) is 13.8 Å². The molecule has 0 aromatic heterocycles. The second kappa shape index (κ2) is 49.8. The van der Waals surface area contributed by atoms with Gasteiger partial charge in [-0.1, -0.05) is 209 Å². The van der Waals surface area contributed by atoms with Crippen LogP contribution in [0.4, 0.5) is 0 Å². The summed E-state index contributed by atoms with van der Waals surface area (Å²) in [5.74, 6) is -0.618. The first-order valence-electron chi connectivity index (χ1n) is 28.4. The Morgan fingerprint density at radius 3 is 1.43 bits per heavy atom. The van der Waals surface area contributed by atoms with Gasteiger partial charge in [-0.05, 0) is 96.0 Å². The zero-order chi connectivity index (χ0) is 51.5. The van der Waals surface area contributed by atoms with E-state index in [0.29, 0.717) is 23.9 Å². The van der Waals surface area contributed by atoms with E-state index in [1.165, 1.54) is 103 Å². The number of hydrogen-bond donors (Lipinski definition) is 1. The SMILES string of the molecule is CC/C=C\C/C=C\C/C=C\C/C=C\C/C=C\CCCC(=O)OC(/C=C/CCCCCCCCCCCC)C(COP(=O)([O-])OCC[N+](C)(C)C)NC(=O)CCCCCCCCC/C=C\CCCCCC. The van der Waals surface area contributed by atoms with Crippen LogP contribution in [0.3, 0.4) is 0 Å². The van der Waals surface area contributed by atoms with Crippen molar-refractivity contribution in [3.8, 4) is 0 Å². The predicted octanol–water partition coefficient (Wildman–Crippen LogP) is 16.4. The van der Waals surface area contributed by atoms with Crippen molar-refractivity contribution in [2.24, 2.45) is 0 Å². The van der Waals surface area contributed by atoms with Crippen LogP contribution in [0.25, 0.3) is 0 Å². The standard InChI is InChI=1S/C60H107N2O7P/c1-7-10-13-16-19-22-25-28-30-31-33-35-38-41-44-47-50-53-60(64)69-58(51-48-45-42-39-36-27-24-21-18-15-12-9-3)57(56-68-70(65,66)67-55-54-62(4,5)6)61-59(63)52-49-46-43-40-37-34-32-29-26-23-20-17-14-11-8-2/h10,13,19,22-23,26,28,30,33,35,41,44,48,51,57-58H,7-9,11-12,14-18,20-21,24-25,27,29,31-32,34,36-40,42-43,45-47,49-50,52-56H2,1-6H3,(H-,61,63,65,66)/b13-10-,22-19-,26-23-,30-28-,35-33-,44-41-,51-48+. The second-order valence-electron chi connectivity index (χ2n) is 20.1. The van der Waals surface area contributed by atoms with E-state index in [1.807, 2.05) is 27.2 Å². The molecule has 0 fully saturated rings. The van der Waals surface area contributed by atoms with Gasteiger partial charge >= 0.3 is 5.97 Å². The molecule has 1 N–H and O–H groups in total. The number of phosphoric acid groups is 1. The lowest BCUT2D eigenvalue weighted by Crippen LogP contribution is -2.47. The number of quaternary nitrogens is 1. The minimum Gasteiger partial charge on any atom is -0.756 e. The molecule has 0 spiro atoms. The molecule has 70 heavy (non-hydrogen) atoms. The van der Waals surface area contributed by atoms with Gasteiger partial charge < -0.3 is 28.5 Å². The fourth-order valence-electron chi connectivity index (χ4n) is 7.67. The molecule has 3 unspecified atom stereocenters. The molecule has 0 radical (unpaired) electrons. The molecule has 0 aliphatic rings. The quantitative estimate of drug-likeness (QED) is 0.0212. The maximum absolute atomic E-state index is 13.5. The maximum atomic E-state index is 13.5. The van der Waals surface area contributed by atoms with Crippen LogP contribution in [0.2, 0.25) is 0 Å². The fraction of sp³-hybridized carbons (Fsp3) is 0.733. The number of phosphoric ester groups is 1. The number of esters is 1. The third-order valence-corrected chi connectivity index (χ3v) is 13.0. The van der Waals surface area contributed by atoms with E-state index in [9.17, 15) is 19.0 Å². The Balaban J connectivity index is 5.47. The number of carbonyl (C=O) groups is 2. The summed E-state index contributed by atoms with van der Waals surface area (Å²) in [6.45, 7) is 6.66. The van der Waals surface area contributed by atoms with Crippen LogP contribution in [0.1, 0.15) is 233 Å². The molecule has 0 saturated heterocycles. The van der Waals surface area contributed by atoms with Crippen molar-refractivity contribution < 1.29 is 37.3 Å². The van der Waals surface area contributed by atoms with Crippen molar-refractivity contribution >= 4 is 19.7 Å². The van der Waals surface area contributed by atoms with Crippen molar-refractivity contribution in [2.75, 3.05) is 40.9 Å². The van der Waals surface area contributed by atoms with Gasteiger partial charge in [-0.3, -0.25) is 14.2 Å². The average molecular weight is 999 g/mol.